The Balaban J connectivity index is 0.000000483. The first-order chi connectivity index (χ1) is 18.4. The van der Waals surface area contributed by atoms with Gasteiger partial charge in [-0.05, 0) is 47.9 Å². The van der Waals surface area contributed by atoms with E-state index in [0.717, 1.165) is 0 Å². The van der Waals surface area contributed by atoms with Gasteiger partial charge in [0.25, 0.3) is 0 Å². The maximum atomic E-state index is 12.0. The van der Waals surface area contributed by atoms with Gasteiger partial charge in [-0.2, -0.15) is 0 Å². The molecule has 2 aromatic rings. The Hall–Kier alpha value is -4.53. The minimum atomic E-state index is -0.428. The van der Waals surface area contributed by atoms with Gasteiger partial charge in [0, 0.05) is 18.2 Å². The number of benzene rings is 3. The molecule has 0 radical (unpaired) electrons. The summed E-state index contributed by atoms with van der Waals surface area (Å²) in [6.07, 6.45) is -0.338. The maximum absolute atomic E-state index is 12.0. The average Bonchev–Trinajstić information content (AvgIpc) is 3.28. The molecule has 9 heteroatoms. The number of rotatable bonds is 9. The van der Waals surface area contributed by atoms with Crippen LogP contribution in [-0.4, -0.2) is 49.7 Å². The lowest BCUT2D eigenvalue weighted by Crippen LogP contribution is -2.24. The number of esters is 1. The van der Waals surface area contributed by atoms with E-state index in [1.165, 1.54) is 30.1 Å². The molecule has 0 aromatic heterocycles. The standard InChI is InChI=1S/C23H26N2O7.C6H4/c1-4-30-22(27)13-16-8-9-20(29-3)21(12-16)32-19-7-5-6-18(24-15(2)26)17(19)14-25-10-11-31-23(25)28;1-2-6-4-3-5(1)6/h5-9,12H,4,10-11,13-14H2,1-3H3,(H,24,26);1-4H. The number of carbonyl (C=O) groups is 3. The van der Waals surface area contributed by atoms with Crippen molar-refractivity contribution < 1.29 is 33.3 Å². The normalized spacial score (nSPS) is 12.6. The molecule has 38 heavy (non-hydrogen) atoms. The molecule has 9 nitrogen and oxygen atoms in total. The second-order valence-electron chi connectivity index (χ2n) is 8.65. The number of fused-ring (bicyclic) bond motifs is 1. The molecule has 1 saturated heterocycles. The topological polar surface area (TPSA) is 103 Å². The van der Waals surface area contributed by atoms with E-state index >= 15 is 0 Å². The second-order valence-corrected chi connectivity index (χ2v) is 8.65. The van der Waals surface area contributed by atoms with Crippen LogP contribution in [0.4, 0.5) is 10.5 Å². The summed E-state index contributed by atoms with van der Waals surface area (Å²) in [6.45, 7) is 4.39. The van der Waals surface area contributed by atoms with E-state index in [9.17, 15) is 14.4 Å². The van der Waals surface area contributed by atoms with Crippen LogP contribution in [0.5, 0.6) is 17.2 Å². The van der Waals surface area contributed by atoms with E-state index in [1.807, 2.05) is 0 Å². The third-order valence-corrected chi connectivity index (χ3v) is 5.96. The third-order valence-electron chi connectivity index (χ3n) is 5.96. The Bertz CT molecular complexity index is 1300. The fraction of sp³-hybridized carbons (Fsp3) is 0.276. The summed E-state index contributed by atoms with van der Waals surface area (Å²) in [5.41, 5.74) is 4.68. The molecule has 5 rings (SSSR count). The van der Waals surface area contributed by atoms with Gasteiger partial charge < -0.3 is 29.2 Å². The van der Waals surface area contributed by atoms with Gasteiger partial charge in [0.15, 0.2) is 11.5 Å². The highest BCUT2D eigenvalue weighted by Gasteiger charge is 2.25. The lowest BCUT2D eigenvalue weighted by Gasteiger charge is -2.20. The molecule has 198 valence electrons. The van der Waals surface area contributed by atoms with Gasteiger partial charge >= 0.3 is 12.1 Å². The zero-order valence-electron chi connectivity index (χ0n) is 21.6. The Morgan fingerprint density at radius 2 is 1.74 bits per heavy atom. The molecule has 0 bridgehead atoms. The number of amides is 2. The molecule has 2 amide bonds. The molecule has 1 N–H and O–H groups in total. The summed E-state index contributed by atoms with van der Waals surface area (Å²) in [6, 6.07) is 18.9. The zero-order valence-corrected chi connectivity index (χ0v) is 21.6. The van der Waals surface area contributed by atoms with Crippen LogP contribution in [0.15, 0.2) is 60.7 Å². The zero-order chi connectivity index (χ0) is 27.1. The van der Waals surface area contributed by atoms with Crippen molar-refractivity contribution in [3.05, 3.63) is 71.8 Å². The predicted molar refractivity (Wildman–Crippen MR) is 141 cm³/mol. The highest BCUT2D eigenvalue weighted by molar-refractivity contribution is 5.90. The van der Waals surface area contributed by atoms with Crippen LogP contribution in [0.1, 0.15) is 25.0 Å². The number of hydrogen-bond donors (Lipinski definition) is 1. The summed E-state index contributed by atoms with van der Waals surface area (Å²) >= 11 is 0. The molecule has 0 atom stereocenters. The summed E-state index contributed by atoms with van der Waals surface area (Å²) in [7, 11) is 1.52. The molecule has 1 aliphatic heterocycles. The molecule has 0 saturated carbocycles. The molecule has 1 fully saturated rings. The van der Waals surface area contributed by atoms with Crippen molar-refractivity contribution in [2.45, 2.75) is 26.8 Å². The van der Waals surface area contributed by atoms with Crippen molar-refractivity contribution in [2.24, 2.45) is 0 Å². The minimum absolute atomic E-state index is 0.0899. The maximum Gasteiger partial charge on any atom is 0.410 e. The van der Waals surface area contributed by atoms with Crippen molar-refractivity contribution in [3.8, 4) is 28.4 Å². The predicted octanol–water partition coefficient (Wildman–Crippen LogP) is 5.17. The van der Waals surface area contributed by atoms with Crippen molar-refractivity contribution in [1.29, 1.82) is 0 Å². The molecule has 3 aliphatic rings. The van der Waals surface area contributed by atoms with Gasteiger partial charge in [-0.25, -0.2) is 4.79 Å². The monoisotopic (exact) mass is 518 g/mol. The van der Waals surface area contributed by atoms with Crippen LogP contribution >= 0.6 is 0 Å². The van der Waals surface area contributed by atoms with Gasteiger partial charge in [0.05, 0.1) is 33.2 Å². The fourth-order valence-corrected chi connectivity index (χ4v) is 3.96. The summed E-state index contributed by atoms with van der Waals surface area (Å²) in [4.78, 5) is 37.1. The molecule has 0 unspecified atom stereocenters. The van der Waals surface area contributed by atoms with Crippen LogP contribution in [0.25, 0.3) is 11.1 Å². The number of anilines is 1. The van der Waals surface area contributed by atoms with Gasteiger partial charge in [-0.15, -0.1) is 0 Å². The smallest absolute Gasteiger partial charge is 0.410 e. The van der Waals surface area contributed by atoms with Crippen molar-refractivity contribution >= 4 is 23.7 Å². The average molecular weight is 519 g/mol. The number of nitrogens with zero attached hydrogens (tertiary/aromatic N) is 1. The summed E-state index contributed by atoms with van der Waals surface area (Å²) in [5.74, 6) is 0.696. The van der Waals surface area contributed by atoms with Crippen LogP contribution in [0.3, 0.4) is 0 Å². The molecular formula is C29H30N2O7. The van der Waals surface area contributed by atoms with Crippen molar-refractivity contribution in [2.75, 3.05) is 32.2 Å². The number of cyclic esters (lactones) is 1. The molecule has 0 spiro atoms. The molecule has 1 heterocycles. The Labute approximate surface area is 221 Å². The highest BCUT2D eigenvalue weighted by atomic mass is 16.6. The lowest BCUT2D eigenvalue weighted by atomic mass is 9.95. The first kappa shape index (κ1) is 26.5. The second kappa shape index (κ2) is 12.1. The Morgan fingerprint density at radius 3 is 2.29 bits per heavy atom. The van der Waals surface area contributed by atoms with Gasteiger partial charge in [0.2, 0.25) is 5.91 Å². The van der Waals surface area contributed by atoms with E-state index in [1.54, 1.807) is 43.3 Å². The fourth-order valence-electron chi connectivity index (χ4n) is 3.96. The Morgan fingerprint density at radius 1 is 1.00 bits per heavy atom. The molecular weight excluding hydrogens is 488 g/mol. The van der Waals surface area contributed by atoms with Crippen molar-refractivity contribution in [3.63, 3.8) is 0 Å². The van der Waals surface area contributed by atoms with Crippen LogP contribution in [0, 0.1) is 0 Å². The summed E-state index contributed by atoms with van der Waals surface area (Å²) in [5, 5.41) is 2.78. The van der Waals surface area contributed by atoms with E-state index in [-0.39, 0.29) is 24.8 Å². The number of hydrogen-bond acceptors (Lipinski definition) is 7. The Kier molecular flexibility index (Phi) is 8.47. The molecule has 2 aliphatic carbocycles. The van der Waals surface area contributed by atoms with Crippen LogP contribution in [-0.2, 0) is 32.0 Å². The van der Waals surface area contributed by atoms with E-state index in [2.05, 4.69) is 29.6 Å². The van der Waals surface area contributed by atoms with E-state index < -0.39 is 6.09 Å². The first-order valence-electron chi connectivity index (χ1n) is 12.3. The van der Waals surface area contributed by atoms with Crippen LogP contribution < -0.4 is 14.8 Å². The largest absolute Gasteiger partial charge is 0.493 e. The quantitative estimate of drug-likeness (QED) is 0.305. The number of methoxy groups -OCH3 is 1. The number of carbonyl (C=O) groups excluding carboxylic acids is 3. The van der Waals surface area contributed by atoms with Gasteiger partial charge in [0.1, 0.15) is 12.4 Å². The number of nitrogens with one attached hydrogen (secondary N) is 1. The SMILES string of the molecule is CCOC(=O)Cc1ccc(OC)c(Oc2cccc(NC(C)=O)c2CN2CCOC2=O)c1.c1cc2ccc1-2. The summed E-state index contributed by atoms with van der Waals surface area (Å²) < 4.78 is 21.6. The lowest BCUT2D eigenvalue weighted by molar-refractivity contribution is -0.142. The minimum Gasteiger partial charge on any atom is -0.493 e. The number of ether oxygens (including phenoxy) is 4. The van der Waals surface area contributed by atoms with E-state index in [0.29, 0.717) is 53.8 Å². The van der Waals surface area contributed by atoms with Crippen LogP contribution in [0.2, 0.25) is 0 Å². The van der Waals surface area contributed by atoms with Crippen molar-refractivity contribution in [1.82, 2.24) is 4.90 Å². The van der Waals surface area contributed by atoms with E-state index in [4.69, 9.17) is 18.9 Å². The highest BCUT2D eigenvalue weighted by Crippen LogP contribution is 2.37. The molecule has 2 aromatic carbocycles. The third kappa shape index (κ3) is 6.42. The van der Waals surface area contributed by atoms with Gasteiger partial charge in [-0.3, -0.25) is 9.59 Å². The van der Waals surface area contributed by atoms with Gasteiger partial charge in [-0.1, -0.05) is 36.4 Å². The first-order valence-corrected chi connectivity index (χ1v) is 12.3.